The van der Waals surface area contributed by atoms with Gasteiger partial charge in [-0.2, -0.15) is 5.26 Å². The van der Waals surface area contributed by atoms with E-state index in [0.717, 1.165) is 10.6 Å². The van der Waals surface area contributed by atoms with Gasteiger partial charge in [0.2, 0.25) is 5.91 Å². The van der Waals surface area contributed by atoms with E-state index in [0.29, 0.717) is 11.3 Å². The molecule has 0 radical (unpaired) electrons. The van der Waals surface area contributed by atoms with E-state index < -0.39 is 0 Å². The maximum Gasteiger partial charge on any atom is 0.239 e. The molecule has 0 aliphatic rings. The van der Waals surface area contributed by atoms with E-state index in [1.54, 1.807) is 11.8 Å². The molecule has 5 heteroatoms. The second-order valence-electron chi connectivity index (χ2n) is 4.30. The van der Waals surface area contributed by atoms with Gasteiger partial charge < -0.3 is 10.6 Å². The number of anilines is 1. The van der Waals surface area contributed by atoms with Gasteiger partial charge in [0, 0.05) is 10.9 Å². The van der Waals surface area contributed by atoms with Crippen molar-refractivity contribution in [3.05, 3.63) is 23.8 Å². The van der Waals surface area contributed by atoms with Gasteiger partial charge in [-0.1, -0.05) is 13.0 Å². The average molecular weight is 277 g/mol. The van der Waals surface area contributed by atoms with Crippen LogP contribution in [0.1, 0.15) is 26.3 Å². The Bertz CT molecular complexity index is 480. The summed E-state index contributed by atoms with van der Waals surface area (Å²) in [6.45, 7) is 6.04. The highest BCUT2D eigenvalue weighted by molar-refractivity contribution is 7.99. The van der Waals surface area contributed by atoms with E-state index in [-0.39, 0.29) is 18.5 Å². The van der Waals surface area contributed by atoms with Crippen molar-refractivity contribution in [3.63, 3.8) is 0 Å². The first-order chi connectivity index (χ1) is 9.08. The van der Waals surface area contributed by atoms with E-state index in [1.807, 2.05) is 39.0 Å². The van der Waals surface area contributed by atoms with Gasteiger partial charge in [-0.15, -0.1) is 11.8 Å². The molecular weight excluding hydrogens is 258 g/mol. The second-order valence-corrected chi connectivity index (χ2v) is 5.61. The first-order valence-electron chi connectivity index (χ1n) is 6.27. The van der Waals surface area contributed by atoms with E-state index in [4.69, 9.17) is 0 Å². The third-order valence-corrected chi connectivity index (χ3v) is 3.27. The van der Waals surface area contributed by atoms with E-state index in [9.17, 15) is 10.1 Å². The first kappa shape index (κ1) is 15.4. The van der Waals surface area contributed by atoms with Crippen LogP contribution in [-0.4, -0.2) is 24.2 Å². The molecule has 0 aliphatic heterocycles. The lowest BCUT2D eigenvalue weighted by Gasteiger charge is -2.12. The molecule has 0 atom stereocenters. The van der Waals surface area contributed by atoms with Gasteiger partial charge in [0.1, 0.15) is 6.07 Å². The van der Waals surface area contributed by atoms with Crippen LogP contribution in [-0.2, 0) is 4.79 Å². The van der Waals surface area contributed by atoms with Crippen molar-refractivity contribution < 1.29 is 4.79 Å². The SMILES string of the molecule is CCSc1cccc(NCC(=O)NC(C)C)c1C#N. The number of amides is 1. The lowest BCUT2D eigenvalue weighted by atomic mass is 10.2. The summed E-state index contributed by atoms with van der Waals surface area (Å²) >= 11 is 1.62. The van der Waals surface area contributed by atoms with Gasteiger partial charge in [-0.3, -0.25) is 4.79 Å². The lowest BCUT2D eigenvalue weighted by molar-refractivity contribution is -0.119. The molecule has 2 N–H and O–H groups in total. The maximum atomic E-state index is 11.6. The molecule has 0 unspecified atom stereocenters. The molecule has 4 nitrogen and oxygen atoms in total. The number of hydrogen-bond donors (Lipinski definition) is 2. The zero-order valence-corrected chi connectivity index (χ0v) is 12.3. The normalized spacial score (nSPS) is 10.1. The van der Waals surface area contributed by atoms with Crippen LogP contribution in [0, 0.1) is 11.3 Å². The third kappa shape index (κ3) is 4.84. The molecular formula is C14H19N3OS. The molecule has 0 aliphatic carbocycles. The predicted molar refractivity (Wildman–Crippen MR) is 79.3 cm³/mol. The Kier molecular flexibility index (Phi) is 6.23. The summed E-state index contributed by atoms with van der Waals surface area (Å²) in [5.74, 6) is 0.832. The summed E-state index contributed by atoms with van der Waals surface area (Å²) < 4.78 is 0. The van der Waals surface area contributed by atoms with Gasteiger partial charge >= 0.3 is 0 Å². The molecule has 1 aromatic rings. The zero-order valence-electron chi connectivity index (χ0n) is 11.5. The highest BCUT2D eigenvalue weighted by atomic mass is 32.2. The highest BCUT2D eigenvalue weighted by Gasteiger charge is 2.09. The molecule has 0 fully saturated rings. The van der Waals surface area contributed by atoms with Gasteiger partial charge in [-0.25, -0.2) is 0 Å². The molecule has 0 saturated heterocycles. The molecule has 0 aromatic heterocycles. The average Bonchev–Trinajstić information content (AvgIpc) is 2.36. The number of rotatable bonds is 6. The predicted octanol–water partition coefficient (Wildman–Crippen LogP) is 2.61. The molecule has 1 aromatic carbocycles. The van der Waals surface area contributed by atoms with Crippen LogP contribution in [0.15, 0.2) is 23.1 Å². The van der Waals surface area contributed by atoms with E-state index in [1.165, 1.54) is 0 Å². The number of hydrogen-bond acceptors (Lipinski definition) is 4. The zero-order chi connectivity index (χ0) is 14.3. The Balaban J connectivity index is 2.76. The number of nitrogens with one attached hydrogen (secondary N) is 2. The molecule has 1 rings (SSSR count). The van der Waals surface area contributed by atoms with Gasteiger partial charge in [0.05, 0.1) is 17.8 Å². The topological polar surface area (TPSA) is 64.9 Å². The van der Waals surface area contributed by atoms with Crippen LogP contribution in [0.4, 0.5) is 5.69 Å². The number of benzene rings is 1. The number of nitriles is 1. The Morgan fingerprint density at radius 3 is 2.79 bits per heavy atom. The van der Waals surface area contributed by atoms with Crippen molar-refractivity contribution in [1.29, 1.82) is 5.26 Å². The van der Waals surface area contributed by atoms with Crippen LogP contribution in [0.5, 0.6) is 0 Å². The number of thioether (sulfide) groups is 1. The fourth-order valence-electron chi connectivity index (χ4n) is 1.62. The minimum absolute atomic E-state index is 0.0764. The van der Waals surface area contributed by atoms with Crippen molar-refractivity contribution in [2.24, 2.45) is 0 Å². The minimum atomic E-state index is -0.0764. The lowest BCUT2D eigenvalue weighted by Crippen LogP contribution is -2.34. The smallest absolute Gasteiger partial charge is 0.239 e. The van der Waals surface area contributed by atoms with Gasteiger partial charge in [0.25, 0.3) is 0 Å². The van der Waals surface area contributed by atoms with Crippen molar-refractivity contribution in [2.75, 3.05) is 17.6 Å². The summed E-state index contributed by atoms with van der Waals surface area (Å²) in [6, 6.07) is 7.95. The van der Waals surface area contributed by atoms with Crippen LogP contribution >= 0.6 is 11.8 Å². The molecule has 102 valence electrons. The minimum Gasteiger partial charge on any atom is -0.375 e. The fraction of sp³-hybridized carbons (Fsp3) is 0.429. The van der Waals surface area contributed by atoms with Crippen LogP contribution in [0.3, 0.4) is 0 Å². The van der Waals surface area contributed by atoms with Crippen LogP contribution in [0.2, 0.25) is 0 Å². The summed E-state index contributed by atoms with van der Waals surface area (Å²) in [6.07, 6.45) is 0. The monoisotopic (exact) mass is 277 g/mol. The highest BCUT2D eigenvalue weighted by Crippen LogP contribution is 2.27. The largest absolute Gasteiger partial charge is 0.375 e. The summed E-state index contributed by atoms with van der Waals surface area (Å²) in [7, 11) is 0. The van der Waals surface area contributed by atoms with Crippen molar-refractivity contribution in [3.8, 4) is 6.07 Å². The van der Waals surface area contributed by atoms with Gasteiger partial charge in [-0.05, 0) is 31.7 Å². The van der Waals surface area contributed by atoms with Crippen molar-refractivity contribution >= 4 is 23.4 Å². The molecule has 0 spiro atoms. The molecule has 19 heavy (non-hydrogen) atoms. The van der Waals surface area contributed by atoms with Crippen LogP contribution in [0.25, 0.3) is 0 Å². The molecule has 0 saturated carbocycles. The second kappa shape index (κ2) is 7.70. The van der Waals surface area contributed by atoms with Crippen molar-refractivity contribution in [2.45, 2.75) is 31.7 Å². The standard InChI is InChI=1S/C14H19N3OS/c1-4-19-13-7-5-6-12(11(13)8-15)16-9-14(18)17-10(2)3/h5-7,10,16H,4,9H2,1-3H3,(H,17,18). The first-order valence-corrected chi connectivity index (χ1v) is 7.26. The number of nitrogens with zero attached hydrogens (tertiary/aromatic N) is 1. The summed E-state index contributed by atoms with van der Waals surface area (Å²) in [5, 5.41) is 15.1. The maximum absolute atomic E-state index is 11.6. The summed E-state index contributed by atoms with van der Waals surface area (Å²) in [5.41, 5.74) is 1.31. The van der Waals surface area contributed by atoms with E-state index in [2.05, 4.69) is 16.7 Å². The number of carbonyl (C=O) groups excluding carboxylic acids is 1. The molecule has 0 heterocycles. The quantitative estimate of drug-likeness (QED) is 0.784. The Labute approximate surface area is 118 Å². The third-order valence-electron chi connectivity index (χ3n) is 2.33. The van der Waals surface area contributed by atoms with Crippen LogP contribution < -0.4 is 10.6 Å². The van der Waals surface area contributed by atoms with Gasteiger partial charge in [0.15, 0.2) is 0 Å². The Morgan fingerprint density at radius 1 is 1.47 bits per heavy atom. The Hall–Kier alpha value is -1.67. The fourth-order valence-corrected chi connectivity index (χ4v) is 2.40. The van der Waals surface area contributed by atoms with E-state index >= 15 is 0 Å². The molecule has 0 bridgehead atoms. The summed E-state index contributed by atoms with van der Waals surface area (Å²) in [4.78, 5) is 12.5. The number of carbonyl (C=O) groups is 1. The van der Waals surface area contributed by atoms with Crippen molar-refractivity contribution in [1.82, 2.24) is 5.32 Å². The Morgan fingerprint density at radius 2 is 2.21 bits per heavy atom. The molecule has 1 amide bonds.